The topological polar surface area (TPSA) is 172 Å². The predicted molar refractivity (Wildman–Crippen MR) is 187 cm³/mol. The lowest BCUT2D eigenvalue weighted by Gasteiger charge is -2.12. The molecule has 0 aliphatic carbocycles. The molecule has 5 rings (SSSR count). The number of hydrogen-bond acceptors (Lipinski definition) is 11. The van der Waals surface area contributed by atoms with Crippen LogP contribution in [0.4, 0.5) is 38.0 Å². The largest absolute Gasteiger partial charge is 0.508 e. The first-order chi connectivity index (χ1) is 24.8. The van der Waals surface area contributed by atoms with E-state index < -0.39 is 17.5 Å². The molecule has 0 fully saturated rings. The normalized spacial score (nSPS) is 10.7. The van der Waals surface area contributed by atoms with Gasteiger partial charge < -0.3 is 41.2 Å². The molecule has 0 aliphatic heterocycles. The number of rotatable bonds is 18. The molecule has 264 valence electrons. The van der Waals surface area contributed by atoms with Gasteiger partial charge in [0.15, 0.2) is 0 Å². The van der Waals surface area contributed by atoms with Gasteiger partial charge in [-0.3, -0.25) is 9.59 Å². The standard InChI is InChI=1S/C36H36F2N8O5/c37-30-7-4-8-31(38)29(30)23-41-33(49)25-9-11-26(12-10-25)42-35-44-34(45-36(46-35)43-27-13-15-28(47)16-14-27)40-18-20-51-22-21-50-19-17-39-32(48)24-5-2-1-3-6-24/h1-16,47H,17-23H2,(H,39,48)(H,41,49)(H3,40,42,43,44,45,46). The van der Waals surface area contributed by atoms with E-state index >= 15 is 0 Å². The number of aromatic hydroxyl groups is 1. The highest BCUT2D eigenvalue weighted by molar-refractivity contribution is 5.94. The van der Waals surface area contributed by atoms with Gasteiger partial charge in [-0.15, -0.1) is 0 Å². The highest BCUT2D eigenvalue weighted by atomic mass is 19.1. The summed E-state index contributed by atoms with van der Waals surface area (Å²) in [5.41, 5.74) is 1.84. The number of anilines is 5. The molecule has 2 amide bonds. The van der Waals surface area contributed by atoms with E-state index in [-0.39, 0.29) is 47.2 Å². The van der Waals surface area contributed by atoms with E-state index in [4.69, 9.17) is 9.47 Å². The van der Waals surface area contributed by atoms with Crippen molar-refractivity contribution in [2.45, 2.75) is 6.54 Å². The molecule has 0 atom stereocenters. The van der Waals surface area contributed by atoms with Crippen molar-refractivity contribution in [1.29, 1.82) is 0 Å². The Kier molecular flexibility index (Phi) is 13.1. The lowest BCUT2D eigenvalue weighted by atomic mass is 10.1. The van der Waals surface area contributed by atoms with Gasteiger partial charge in [-0.05, 0) is 72.8 Å². The lowest BCUT2D eigenvalue weighted by Crippen LogP contribution is -2.27. The molecule has 13 nitrogen and oxygen atoms in total. The zero-order valence-electron chi connectivity index (χ0n) is 27.4. The van der Waals surface area contributed by atoms with Crippen LogP contribution in [0, 0.1) is 11.6 Å². The first-order valence-electron chi connectivity index (χ1n) is 16.0. The molecular weight excluding hydrogens is 662 g/mol. The third-order valence-electron chi connectivity index (χ3n) is 7.12. The average Bonchev–Trinajstić information content (AvgIpc) is 3.13. The molecule has 15 heteroatoms. The maximum atomic E-state index is 13.9. The van der Waals surface area contributed by atoms with Gasteiger partial charge >= 0.3 is 0 Å². The zero-order valence-corrected chi connectivity index (χ0v) is 27.4. The van der Waals surface area contributed by atoms with Gasteiger partial charge in [0.05, 0.1) is 26.4 Å². The molecule has 0 aliphatic rings. The van der Waals surface area contributed by atoms with Crippen LogP contribution in [-0.4, -0.2) is 71.4 Å². The van der Waals surface area contributed by atoms with Crippen molar-refractivity contribution in [1.82, 2.24) is 25.6 Å². The van der Waals surface area contributed by atoms with Crippen LogP contribution in [0.3, 0.4) is 0 Å². The Bertz CT molecular complexity index is 1860. The first-order valence-corrected chi connectivity index (χ1v) is 16.0. The van der Waals surface area contributed by atoms with Gasteiger partial charge in [0.25, 0.3) is 11.8 Å². The summed E-state index contributed by atoms with van der Waals surface area (Å²) in [6.45, 7) is 1.83. The highest BCUT2D eigenvalue weighted by Crippen LogP contribution is 2.21. The molecular formula is C36H36F2N8O5. The van der Waals surface area contributed by atoms with Crippen molar-refractivity contribution < 1.29 is 33.0 Å². The van der Waals surface area contributed by atoms with Gasteiger partial charge in [-0.2, -0.15) is 15.0 Å². The predicted octanol–water partition coefficient (Wildman–Crippen LogP) is 5.15. The van der Waals surface area contributed by atoms with E-state index in [1.807, 2.05) is 6.07 Å². The van der Waals surface area contributed by atoms with Crippen LogP contribution in [0.25, 0.3) is 0 Å². The number of phenolic OH excluding ortho intramolecular Hbond substituents is 1. The number of ether oxygens (including phenoxy) is 2. The molecule has 0 saturated heterocycles. The molecule has 0 unspecified atom stereocenters. The van der Waals surface area contributed by atoms with E-state index in [0.717, 1.165) is 12.1 Å². The van der Waals surface area contributed by atoms with Crippen molar-refractivity contribution in [3.05, 3.63) is 125 Å². The number of carbonyl (C=O) groups excluding carboxylic acids is 2. The Balaban J connectivity index is 1.10. The molecule has 6 N–H and O–H groups in total. The average molecular weight is 699 g/mol. The Morgan fingerprint density at radius 1 is 0.588 bits per heavy atom. The van der Waals surface area contributed by atoms with Crippen LogP contribution in [0.2, 0.25) is 0 Å². The third kappa shape index (κ3) is 11.4. The summed E-state index contributed by atoms with van der Waals surface area (Å²) in [4.78, 5) is 38.0. The van der Waals surface area contributed by atoms with E-state index in [9.17, 15) is 23.5 Å². The minimum atomic E-state index is -0.739. The van der Waals surface area contributed by atoms with Crippen molar-refractivity contribution in [2.24, 2.45) is 0 Å². The molecule has 1 heterocycles. The first kappa shape index (κ1) is 36.1. The lowest BCUT2D eigenvalue weighted by molar-refractivity contribution is 0.0519. The van der Waals surface area contributed by atoms with Gasteiger partial charge in [-0.1, -0.05) is 24.3 Å². The summed E-state index contributed by atoms with van der Waals surface area (Å²) in [6, 6.07) is 25.2. The van der Waals surface area contributed by atoms with Crippen molar-refractivity contribution >= 4 is 41.0 Å². The zero-order chi connectivity index (χ0) is 35.8. The van der Waals surface area contributed by atoms with E-state index in [1.165, 1.54) is 18.2 Å². The Morgan fingerprint density at radius 3 is 1.75 bits per heavy atom. The fraction of sp³-hybridized carbons (Fsp3) is 0.194. The van der Waals surface area contributed by atoms with Crippen molar-refractivity contribution in [3.8, 4) is 5.75 Å². The molecule has 0 radical (unpaired) electrons. The van der Waals surface area contributed by atoms with Gasteiger partial charge in [0.2, 0.25) is 17.8 Å². The van der Waals surface area contributed by atoms with Crippen LogP contribution in [0.15, 0.2) is 97.1 Å². The Hall–Kier alpha value is -6.19. The van der Waals surface area contributed by atoms with Crippen molar-refractivity contribution in [2.75, 3.05) is 55.5 Å². The summed E-state index contributed by atoms with van der Waals surface area (Å²) in [5, 5.41) is 24.2. The third-order valence-corrected chi connectivity index (χ3v) is 7.12. The fourth-order valence-corrected chi connectivity index (χ4v) is 4.53. The number of benzene rings is 4. The molecule has 0 saturated carbocycles. The quantitative estimate of drug-likeness (QED) is 0.0528. The maximum absolute atomic E-state index is 13.9. The molecule has 51 heavy (non-hydrogen) atoms. The number of amides is 2. The molecule has 0 spiro atoms. The highest BCUT2D eigenvalue weighted by Gasteiger charge is 2.13. The monoisotopic (exact) mass is 698 g/mol. The van der Waals surface area contributed by atoms with Gasteiger partial charge in [-0.25, -0.2) is 8.78 Å². The number of phenols is 1. The number of halogens is 2. The van der Waals surface area contributed by atoms with E-state index in [1.54, 1.807) is 60.7 Å². The summed E-state index contributed by atoms with van der Waals surface area (Å²) in [6.07, 6.45) is 0. The summed E-state index contributed by atoms with van der Waals surface area (Å²) in [5.74, 6) is -1.38. The smallest absolute Gasteiger partial charge is 0.251 e. The maximum Gasteiger partial charge on any atom is 0.251 e. The van der Waals surface area contributed by atoms with Gasteiger partial charge in [0, 0.05) is 47.7 Å². The van der Waals surface area contributed by atoms with Crippen LogP contribution < -0.4 is 26.6 Å². The Labute approximate surface area is 292 Å². The second kappa shape index (κ2) is 18.5. The van der Waals surface area contributed by atoms with Crippen LogP contribution in [-0.2, 0) is 16.0 Å². The molecule has 4 aromatic carbocycles. The fourth-order valence-electron chi connectivity index (χ4n) is 4.53. The molecule has 5 aromatic rings. The second-order valence-electron chi connectivity index (χ2n) is 10.8. The molecule has 1 aromatic heterocycles. The van der Waals surface area contributed by atoms with Crippen LogP contribution in [0.5, 0.6) is 5.75 Å². The summed E-state index contributed by atoms with van der Waals surface area (Å²) < 4.78 is 39.0. The Morgan fingerprint density at radius 2 is 1.12 bits per heavy atom. The van der Waals surface area contributed by atoms with E-state index in [0.29, 0.717) is 56.5 Å². The SMILES string of the molecule is O=C(NCCOCCOCCNc1nc(Nc2ccc(O)cc2)nc(Nc2ccc(C(=O)NCc3c(F)cccc3F)cc2)n1)c1ccccc1. The summed E-state index contributed by atoms with van der Waals surface area (Å²) in [7, 11) is 0. The number of carbonyl (C=O) groups is 2. The van der Waals surface area contributed by atoms with Crippen LogP contribution in [0.1, 0.15) is 26.3 Å². The van der Waals surface area contributed by atoms with E-state index in [2.05, 4.69) is 41.5 Å². The number of nitrogens with one attached hydrogen (secondary N) is 5. The molecule has 0 bridgehead atoms. The van der Waals surface area contributed by atoms with Gasteiger partial charge in [0.1, 0.15) is 17.4 Å². The minimum absolute atomic E-state index is 0.109. The summed E-state index contributed by atoms with van der Waals surface area (Å²) >= 11 is 0. The number of hydrogen-bond donors (Lipinski definition) is 6. The number of aromatic nitrogens is 3. The number of nitrogens with zero attached hydrogens (tertiary/aromatic N) is 3. The van der Waals surface area contributed by atoms with Crippen LogP contribution >= 0.6 is 0 Å². The van der Waals surface area contributed by atoms with Crippen molar-refractivity contribution in [3.63, 3.8) is 0 Å². The minimum Gasteiger partial charge on any atom is -0.508 e. The second-order valence-corrected chi connectivity index (χ2v) is 10.8.